The summed E-state index contributed by atoms with van der Waals surface area (Å²) in [4.78, 5) is 4.23. The number of sulfonamides is 1. The van der Waals surface area contributed by atoms with Crippen LogP contribution in [0.4, 0.5) is 11.6 Å². The zero-order valence-corrected chi connectivity index (χ0v) is 15.1. The van der Waals surface area contributed by atoms with Gasteiger partial charge in [-0.2, -0.15) is 0 Å². The van der Waals surface area contributed by atoms with E-state index in [9.17, 15) is 8.42 Å². The number of rotatable bonds is 7. The van der Waals surface area contributed by atoms with Gasteiger partial charge in [0.2, 0.25) is 0 Å². The summed E-state index contributed by atoms with van der Waals surface area (Å²) in [6, 6.07) is 13.8. The summed E-state index contributed by atoms with van der Waals surface area (Å²) in [5.41, 5.74) is 2.09. The molecule has 2 aromatic heterocycles. The Morgan fingerprint density at radius 1 is 0.923 bits per heavy atom. The van der Waals surface area contributed by atoms with Crippen molar-refractivity contribution < 1.29 is 8.42 Å². The van der Waals surface area contributed by atoms with Gasteiger partial charge in [-0.25, -0.2) is 8.42 Å². The van der Waals surface area contributed by atoms with Crippen molar-refractivity contribution in [3.8, 4) is 0 Å². The molecule has 0 bridgehead atoms. The second-order valence-corrected chi connectivity index (χ2v) is 7.30. The molecule has 2 heterocycles. The average molecular weight is 369 g/mol. The SMILES string of the molecule is CCc1ccc(S(=O)(=O)Nc2ccc(NCc3cccnc3)nn2)cc1. The highest BCUT2D eigenvalue weighted by Crippen LogP contribution is 2.16. The molecular weight excluding hydrogens is 350 g/mol. The van der Waals surface area contributed by atoms with Gasteiger partial charge >= 0.3 is 0 Å². The summed E-state index contributed by atoms with van der Waals surface area (Å²) in [6.45, 7) is 2.57. The number of anilines is 2. The highest BCUT2D eigenvalue weighted by molar-refractivity contribution is 7.92. The van der Waals surface area contributed by atoms with Gasteiger partial charge in [-0.05, 0) is 47.9 Å². The molecule has 1 aromatic carbocycles. The Balaban J connectivity index is 1.64. The second kappa shape index (κ2) is 7.92. The molecule has 0 fully saturated rings. The molecule has 0 atom stereocenters. The molecule has 0 aliphatic rings. The number of benzene rings is 1. The van der Waals surface area contributed by atoms with Gasteiger partial charge in [0.1, 0.15) is 5.82 Å². The molecule has 134 valence electrons. The van der Waals surface area contributed by atoms with Crippen LogP contribution in [0.25, 0.3) is 0 Å². The van der Waals surface area contributed by atoms with Crippen LogP contribution in [0.2, 0.25) is 0 Å². The third-order valence-electron chi connectivity index (χ3n) is 3.74. The molecule has 0 saturated heterocycles. The molecule has 0 aliphatic carbocycles. The molecule has 3 rings (SSSR count). The van der Waals surface area contributed by atoms with Crippen molar-refractivity contribution in [1.82, 2.24) is 15.2 Å². The van der Waals surface area contributed by atoms with Crippen molar-refractivity contribution >= 4 is 21.7 Å². The molecule has 0 aliphatic heterocycles. The maximum Gasteiger partial charge on any atom is 0.263 e. The highest BCUT2D eigenvalue weighted by atomic mass is 32.2. The van der Waals surface area contributed by atoms with Gasteiger partial charge in [0.15, 0.2) is 5.82 Å². The standard InChI is InChI=1S/C18H19N5O2S/c1-2-14-5-7-16(8-6-14)26(24,25)23-18-10-9-17(21-22-18)20-13-15-4-3-11-19-12-15/h3-12H,2,13H2,1H3,(H,20,21)(H,22,23). The van der Waals surface area contributed by atoms with Crippen molar-refractivity contribution in [2.24, 2.45) is 0 Å². The fourth-order valence-electron chi connectivity index (χ4n) is 2.28. The zero-order valence-electron chi connectivity index (χ0n) is 14.3. The number of pyridine rings is 1. The summed E-state index contributed by atoms with van der Waals surface area (Å²) in [6.07, 6.45) is 4.32. The molecule has 0 amide bonds. The van der Waals surface area contributed by atoms with E-state index in [1.165, 1.54) is 0 Å². The van der Waals surface area contributed by atoms with Crippen LogP contribution in [-0.2, 0) is 23.0 Å². The number of hydrogen-bond acceptors (Lipinski definition) is 6. The molecule has 0 spiro atoms. The first-order chi connectivity index (χ1) is 12.6. The fraction of sp³-hybridized carbons (Fsp3) is 0.167. The van der Waals surface area contributed by atoms with Gasteiger partial charge in [0, 0.05) is 18.9 Å². The summed E-state index contributed by atoms with van der Waals surface area (Å²) in [5.74, 6) is 0.709. The Labute approximate surface area is 152 Å². The fourth-order valence-corrected chi connectivity index (χ4v) is 3.27. The van der Waals surface area contributed by atoms with Crippen molar-refractivity contribution in [2.75, 3.05) is 10.0 Å². The van der Waals surface area contributed by atoms with Crippen LogP contribution in [0, 0.1) is 0 Å². The van der Waals surface area contributed by atoms with E-state index in [0.29, 0.717) is 12.4 Å². The van der Waals surface area contributed by atoms with Crippen molar-refractivity contribution in [3.05, 3.63) is 72.1 Å². The minimum Gasteiger partial charge on any atom is -0.364 e. The van der Waals surface area contributed by atoms with Gasteiger partial charge in [-0.15, -0.1) is 10.2 Å². The summed E-state index contributed by atoms with van der Waals surface area (Å²) < 4.78 is 27.2. The van der Waals surface area contributed by atoms with Crippen molar-refractivity contribution in [3.63, 3.8) is 0 Å². The number of nitrogens with zero attached hydrogens (tertiary/aromatic N) is 3. The minimum absolute atomic E-state index is 0.163. The van der Waals surface area contributed by atoms with E-state index in [4.69, 9.17) is 0 Å². The van der Waals surface area contributed by atoms with E-state index in [-0.39, 0.29) is 10.7 Å². The van der Waals surface area contributed by atoms with Gasteiger partial charge in [-0.3, -0.25) is 9.71 Å². The van der Waals surface area contributed by atoms with E-state index in [1.807, 2.05) is 19.1 Å². The predicted octanol–water partition coefficient (Wildman–Crippen LogP) is 2.85. The van der Waals surface area contributed by atoms with Crippen LogP contribution in [-0.4, -0.2) is 23.6 Å². The van der Waals surface area contributed by atoms with E-state index < -0.39 is 10.0 Å². The lowest BCUT2D eigenvalue weighted by Crippen LogP contribution is -2.14. The molecule has 0 radical (unpaired) electrons. The van der Waals surface area contributed by atoms with Crippen LogP contribution >= 0.6 is 0 Å². The number of aromatic nitrogens is 3. The normalized spacial score (nSPS) is 11.1. The first-order valence-corrected chi connectivity index (χ1v) is 9.63. The second-order valence-electron chi connectivity index (χ2n) is 5.62. The van der Waals surface area contributed by atoms with Crippen molar-refractivity contribution in [1.29, 1.82) is 0 Å². The van der Waals surface area contributed by atoms with E-state index in [2.05, 4.69) is 25.2 Å². The lowest BCUT2D eigenvalue weighted by atomic mass is 10.2. The first kappa shape index (κ1) is 17.8. The Bertz CT molecular complexity index is 943. The monoisotopic (exact) mass is 369 g/mol. The predicted molar refractivity (Wildman–Crippen MR) is 100 cm³/mol. The maximum atomic E-state index is 12.4. The van der Waals surface area contributed by atoms with Crippen LogP contribution in [0.5, 0.6) is 0 Å². The summed E-state index contributed by atoms with van der Waals surface area (Å²) >= 11 is 0. The molecule has 2 N–H and O–H groups in total. The molecule has 0 unspecified atom stereocenters. The van der Waals surface area contributed by atoms with E-state index in [0.717, 1.165) is 17.5 Å². The molecule has 8 heteroatoms. The highest BCUT2D eigenvalue weighted by Gasteiger charge is 2.15. The molecule has 3 aromatic rings. The van der Waals surface area contributed by atoms with Crippen molar-refractivity contribution in [2.45, 2.75) is 24.8 Å². The van der Waals surface area contributed by atoms with Gasteiger partial charge in [0.05, 0.1) is 4.90 Å². The Morgan fingerprint density at radius 3 is 2.27 bits per heavy atom. The van der Waals surface area contributed by atoms with Crippen LogP contribution in [0.3, 0.4) is 0 Å². The van der Waals surface area contributed by atoms with Crippen LogP contribution in [0.1, 0.15) is 18.1 Å². The quantitative estimate of drug-likeness (QED) is 0.665. The van der Waals surface area contributed by atoms with Crippen LogP contribution < -0.4 is 10.0 Å². The molecular formula is C18H19N5O2S. The topological polar surface area (TPSA) is 96.9 Å². The number of hydrogen-bond donors (Lipinski definition) is 2. The molecule has 0 saturated carbocycles. The van der Waals surface area contributed by atoms with Crippen LogP contribution in [0.15, 0.2) is 65.8 Å². The Hall–Kier alpha value is -3.00. The van der Waals surface area contributed by atoms with Gasteiger partial charge in [0.25, 0.3) is 10.0 Å². The maximum absolute atomic E-state index is 12.4. The largest absolute Gasteiger partial charge is 0.364 e. The Kier molecular flexibility index (Phi) is 5.43. The molecule has 7 nitrogen and oxygen atoms in total. The third-order valence-corrected chi connectivity index (χ3v) is 5.11. The Morgan fingerprint density at radius 2 is 1.65 bits per heavy atom. The number of nitrogens with one attached hydrogen (secondary N) is 2. The first-order valence-electron chi connectivity index (χ1n) is 8.15. The number of aryl methyl sites for hydroxylation is 1. The van der Waals surface area contributed by atoms with Gasteiger partial charge in [-0.1, -0.05) is 25.1 Å². The van der Waals surface area contributed by atoms with E-state index >= 15 is 0 Å². The van der Waals surface area contributed by atoms with Gasteiger partial charge < -0.3 is 5.32 Å². The lowest BCUT2D eigenvalue weighted by molar-refractivity contribution is 0.601. The lowest BCUT2D eigenvalue weighted by Gasteiger charge is -2.09. The zero-order chi connectivity index (χ0) is 18.4. The third kappa shape index (κ3) is 4.54. The minimum atomic E-state index is -3.69. The smallest absolute Gasteiger partial charge is 0.263 e. The molecule has 26 heavy (non-hydrogen) atoms. The average Bonchev–Trinajstić information content (AvgIpc) is 2.68. The summed E-state index contributed by atoms with van der Waals surface area (Å²) in [5, 5.41) is 11.0. The van der Waals surface area contributed by atoms with E-state index in [1.54, 1.807) is 48.8 Å². The summed E-state index contributed by atoms with van der Waals surface area (Å²) in [7, 11) is -3.69.